The van der Waals surface area contributed by atoms with Crippen LogP contribution in [0.1, 0.15) is 26.3 Å². The van der Waals surface area contributed by atoms with Crippen molar-refractivity contribution in [2.45, 2.75) is 0 Å². The highest BCUT2D eigenvalue weighted by Gasteiger charge is 2.12. The average Bonchev–Trinajstić information content (AvgIpc) is 2.86. The molecule has 0 spiro atoms. The zero-order valence-corrected chi connectivity index (χ0v) is 19.0. The van der Waals surface area contributed by atoms with Crippen LogP contribution >= 0.6 is 0 Å². The van der Waals surface area contributed by atoms with Gasteiger partial charge in [0, 0.05) is 35.6 Å². The van der Waals surface area contributed by atoms with E-state index in [9.17, 15) is 9.59 Å². The number of carbonyl (C=O) groups is 2. The molecule has 0 aliphatic carbocycles. The zero-order chi connectivity index (χ0) is 23.8. The zero-order valence-electron chi connectivity index (χ0n) is 19.0. The Morgan fingerprint density at radius 1 is 0.818 bits per heavy atom. The first-order valence-electron chi connectivity index (χ1n) is 10.2. The molecule has 170 valence electrons. The Balaban J connectivity index is 1.73. The number of ether oxygens (including phenoxy) is 3. The highest BCUT2D eigenvalue weighted by atomic mass is 16.5. The van der Waals surface area contributed by atoms with Gasteiger partial charge in [-0.3, -0.25) is 9.59 Å². The molecule has 7 nitrogen and oxygen atoms in total. The smallest absolute Gasteiger partial charge is 0.257 e. The quantitative estimate of drug-likeness (QED) is 0.359. The number of anilines is 2. The van der Waals surface area contributed by atoms with Gasteiger partial charge in [-0.05, 0) is 54.6 Å². The molecule has 1 amide bonds. The first-order chi connectivity index (χ1) is 16.0. The van der Waals surface area contributed by atoms with Crippen LogP contribution in [0.2, 0.25) is 0 Å². The van der Waals surface area contributed by atoms with Gasteiger partial charge in [-0.1, -0.05) is 12.1 Å². The van der Waals surface area contributed by atoms with Crippen LogP contribution in [0.15, 0.2) is 66.7 Å². The van der Waals surface area contributed by atoms with E-state index >= 15 is 0 Å². The molecule has 0 aromatic heterocycles. The van der Waals surface area contributed by atoms with Crippen LogP contribution in [0.25, 0.3) is 6.08 Å². The number of hydrogen-bond donors (Lipinski definition) is 2. The lowest BCUT2D eigenvalue weighted by molar-refractivity contribution is 0.102. The molecule has 0 aliphatic rings. The first-order valence-corrected chi connectivity index (χ1v) is 10.2. The molecule has 0 fully saturated rings. The number of nitrogens with one attached hydrogen (secondary N) is 2. The minimum Gasteiger partial charge on any atom is -0.496 e. The number of methoxy groups -OCH3 is 3. The molecule has 7 heteroatoms. The highest BCUT2D eigenvalue weighted by Crippen LogP contribution is 2.35. The van der Waals surface area contributed by atoms with Crippen LogP contribution in [-0.4, -0.2) is 40.1 Å². The summed E-state index contributed by atoms with van der Waals surface area (Å²) in [5, 5.41) is 5.84. The highest BCUT2D eigenvalue weighted by molar-refractivity contribution is 6.09. The van der Waals surface area contributed by atoms with Crippen molar-refractivity contribution < 1.29 is 23.8 Å². The third-order valence-corrected chi connectivity index (χ3v) is 5.02. The van der Waals surface area contributed by atoms with Crippen molar-refractivity contribution in [2.75, 3.05) is 39.0 Å². The second-order valence-electron chi connectivity index (χ2n) is 6.97. The fourth-order valence-corrected chi connectivity index (χ4v) is 3.26. The van der Waals surface area contributed by atoms with Gasteiger partial charge in [-0.25, -0.2) is 0 Å². The van der Waals surface area contributed by atoms with Crippen molar-refractivity contribution in [3.05, 3.63) is 83.4 Å². The van der Waals surface area contributed by atoms with Gasteiger partial charge in [-0.15, -0.1) is 0 Å². The first kappa shape index (κ1) is 23.4. The van der Waals surface area contributed by atoms with Crippen molar-refractivity contribution in [3.63, 3.8) is 0 Å². The van der Waals surface area contributed by atoms with E-state index in [0.29, 0.717) is 39.6 Å². The van der Waals surface area contributed by atoms with Crippen LogP contribution in [0, 0.1) is 0 Å². The van der Waals surface area contributed by atoms with Crippen molar-refractivity contribution in [3.8, 4) is 17.2 Å². The van der Waals surface area contributed by atoms with Crippen LogP contribution < -0.4 is 24.8 Å². The number of rotatable bonds is 9. The normalized spacial score (nSPS) is 10.5. The summed E-state index contributed by atoms with van der Waals surface area (Å²) in [4.78, 5) is 25.2. The molecule has 0 unspecified atom stereocenters. The van der Waals surface area contributed by atoms with Gasteiger partial charge in [0.25, 0.3) is 5.91 Å². The molecule has 33 heavy (non-hydrogen) atoms. The molecular formula is C26H26N2O5. The van der Waals surface area contributed by atoms with Crippen LogP contribution in [0.5, 0.6) is 17.2 Å². The summed E-state index contributed by atoms with van der Waals surface area (Å²) in [6.07, 6.45) is 3.12. The van der Waals surface area contributed by atoms with Crippen molar-refractivity contribution >= 4 is 29.1 Å². The summed E-state index contributed by atoms with van der Waals surface area (Å²) in [6.45, 7) is 0. The Morgan fingerprint density at radius 2 is 1.45 bits per heavy atom. The number of amides is 1. The van der Waals surface area contributed by atoms with Crippen LogP contribution in [0.4, 0.5) is 11.4 Å². The topological polar surface area (TPSA) is 85.9 Å². The maximum absolute atomic E-state index is 12.7. The fraction of sp³-hybridized carbons (Fsp3) is 0.154. The summed E-state index contributed by atoms with van der Waals surface area (Å²) >= 11 is 0. The van der Waals surface area contributed by atoms with Crippen molar-refractivity contribution in [1.29, 1.82) is 0 Å². The minimum atomic E-state index is -0.237. The summed E-state index contributed by atoms with van der Waals surface area (Å²) in [5.41, 5.74) is 3.02. The fourth-order valence-electron chi connectivity index (χ4n) is 3.26. The molecule has 0 saturated heterocycles. The Hall–Kier alpha value is -4.26. The monoisotopic (exact) mass is 446 g/mol. The van der Waals surface area contributed by atoms with E-state index in [-0.39, 0.29) is 11.7 Å². The third kappa shape index (κ3) is 5.51. The molecule has 0 atom stereocenters. The summed E-state index contributed by atoms with van der Waals surface area (Å²) in [7, 11) is 6.39. The standard InChI is InChI=1S/C26H26N2O5/c1-27-21-8-6-5-7-20(21)26(30)28-19-12-9-17(10-13-19)22(29)14-11-18-15-24(32-3)25(33-4)16-23(18)31-2/h5-16,27H,1-4H3,(H,28,30)/b14-11+. The van der Waals surface area contributed by atoms with E-state index in [1.807, 2.05) is 12.1 Å². The Labute approximate surface area is 193 Å². The molecule has 3 rings (SSSR count). The predicted octanol–water partition coefficient (Wildman–Crippen LogP) is 4.90. The van der Waals surface area contributed by atoms with E-state index in [4.69, 9.17) is 14.2 Å². The molecule has 0 bridgehead atoms. The second kappa shape index (κ2) is 10.9. The van der Waals surface area contributed by atoms with E-state index in [1.165, 1.54) is 6.08 Å². The minimum absolute atomic E-state index is 0.190. The number of benzene rings is 3. The van der Waals surface area contributed by atoms with Gasteiger partial charge in [0.1, 0.15) is 5.75 Å². The molecule has 3 aromatic carbocycles. The van der Waals surface area contributed by atoms with Crippen LogP contribution in [0.3, 0.4) is 0 Å². The summed E-state index contributed by atoms with van der Waals surface area (Å²) < 4.78 is 16.0. The predicted molar refractivity (Wildman–Crippen MR) is 130 cm³/mol. The SMILES string of the molecule is CNc1ccccc1C(=O)Nc1ccc(C(=O)/C=C/c2cc(OC)c(OC)cc2OC)cc1. The maximum atomic E-state index is 12.7. The van der Waals surface area contributed by atoms with Gasteiger partial charge < -0.3 is 24.8 Å². The van der Waals surface area contributed by atoms with Gasteiger partial charge in [0.05, 0.1) is 26.9 Å². The van der Waals surface area contributed by atoms with Gasteiger partial charge in [0.2, 0.25) is 0 Å². The van der Waals surface area contributed by atoms with Gasteiger partial charge in [-0.2, -0.15) is 0 Å². The van der Waals surface area contributed by atoms with Gasteiger partial charge >= 0.3 is 0 Å². The molecule has 3 aromatic rings. The third-order valence-electron chi connectivity index (χ3n) is 5.02. The Kier molecular flexibility index (Phi) is 7.70. The van der Waals surface area contributed by atoms with E-state index < -0.39 is 0 Å². The van der Waals surface area contributed by atoms with E-state index in [1.54, 1.807) is 83.0 Å². The number of hydrogen-bond acceptors (Lipinski definition) is 6. The number of carbonyl (C=O) groups excluding carboxylic acids is 2. The van der Waals surface area contributed by atoms with Crippen molar-refractivity contribution in [2.24, 2.45) is 0 Å². The summed E-state index contributed by atoms with van der Waals surface area (Å²) in [6, 6.07) is 17.4. The number of ketones is 1. The molecule has 0 aliphatic heterocycles. The van der Waals surface area contributed by atoms with E-state index in [2.05, 4.69) is 10.6 Å². The molecule has 0 radical (unpaired) electrons. The average molecular weight is 447 g/mol. The van der Waals surface area contributed by atoms with E-state index in [0.717, 1.165) is 5.69 Å². The number of allylic oxidation sites excluding steroid dienone is 1. The second-order valence-corrected chi connectivity index (χ2v) is 6.97. The largest absolute Gasteiger partial charge is 0.496 e. The lowest BCUT2D eigenvalue weighted by Gasteiger charge is -2.12. The molecule has 0 heterocycles. The van der Waals surface area contributed by atoms with Gasteiger partial charge in [0.15, 0.2) is 17.3 Å². The molecule has 2 N–H and O–H groups in total. The van der Waals surface area contributed by atoms with Crippen molar-refractivity contribution in [1.82, 2.24) is 0 Å². The lowest BCUT2D eigenvalue weighted by Crippen LogP contribution is -2.14. The summed E-state index contributed by atoms with van der Waals surface area (Å²) in [5.74, 6) is 1.19. The Morgan fingerprint density at radius 3 is 2.09 bits per heavy atom. The lowest BCUT2D eigenvalue weighted by atomic mass is 10.1. The van der Waals surface area contributed by atoms with Crippen LogP contribution in [-0.2, 0) is 0 Å². The number of para-hydroxylation sites is 1. The molecule has 0 saturated carbocycles. The Bertz CT molecular complexity index is 1170. The molecular weight excluding hydrogens is 420 g/mol. The maximum Gasteiger partial charge on any atom is 0.257 e.